The summed E-state index contributed by atoms with van der Waals surface area (Å²) in [5, 5.41) is 15.0. The molecule has 0 unspecified atom stereocenters. The van der Waals surface area contributed by atoms with Crippen LogP contribution < -0.4 is 10.1 Å². The number of rotatable bonds is 7. The van der Waals surface area contributed by atoms with Gasteiger partial charge in [-0.1, -0.05) is 69.6 Å². The van der Waals surface area contributed by atoms with E-state index in [0.29, 0.717) is 30.3 Å². The van der Waals surface area contributed by atoms with Gasteiger partial charge in [0.05, 0.1) is 5.60 Å². The average Bonchev–Trinajstić information content (AvgIpc) is 2.78. The third kappa shape index (κ3) is 5.68. The molecule has 3 rings (SSSR count). The summed E-state index contributed by atoms with van der Waals surface area (Å²) in [4.78, 5) is 27.6. The predicted molar refractivity (Wildman–Crippen MR) is 129 cm³/mol. The number of piperidine rings is 1. The lowest BCUT2D eigenvalue weighted by molar-refractivity contribution is -0.156. The van der Waals surface area contributed by atoms with E-state index in [-0.39, 0.29) is 24.3 Å². The summed E-state index contributed by atoms with van der Waals surface area (Å²) in [7, 11) is 0. The molecular formula is C26H33ClN2O4. The summed E-state index contributed by atoms with van der Waals surface area (Å²) >= 11 is 6.02. The van der Waals surface area contributed by atoms with Crippen LogP contribution in [-0.2, 0) is 15.2 Å². The van der Waals surface area contributed by atoms with Crippen molar-refractivity contribution in [3.05, 3.63) is 65.2 Å². The quantitative estimate of drug-likeness (QED) is 0.638. The molecule has 2 atom stereocenters. The molecular weight excluding hydrogens is 440 g/mol. The fourth-order valence-electron chi connectivity index (χ4n) is 4.36. The Labute approximate surface area is 200 Å². The minimum Gasteiger partial charge on any atom is -0.484 e. The number of hydrogen-bond acceptors (Lipinski definition) is 4. The van der Waals surface area contributed by atoms with Crippen LogP contribution in [0.25, 0.3) is 0 Å². The van der Waals surface area contributed by atoms with Gasteiger partial charge >= 0.3 is 0 Å². The molecule has 178 valence electrons. The number of para-hydroxylation sites is 1. The van der Waals surface area contributed by atoms with E-state index in [1.807, 2.05) is 58.0 Å². The molecule has 2 N–H and O–H groups in total. The Morgan fingerprint density at radius 1 is 1.12 bits per heavy atom. The van der Waals surface area contributed by atoms with Gasteiger partial charge in [0, 0.05) is 23.5 Å². The van der Waals surface area contributed by atoms with E-state index in [4.69, 9.17) is 16.3 Å². The smallest absolute Gasteiger partial charge is 0.258 e. The molecule has 33 heavy (non-hydrogen) atoms. The molecule has 7 heteroatoms. The zero-order chi connectivity index (χ0) is 24.2. The van der Waals surface area contributed by atoms with Crippen LogP contribution in [0.5, 0.6) is 5.75 Å². The number of ether oxygens (including phenoxy) is 1. The topological polar surface area (TPSA) is 78.9 Å². The molecule has 2 aromatic rings. The van der Waals surface area contributed by atoms with Gasteiger partial charge in [-0.25, -0.2) is 0 Å². The summed E-state index contributed by atoms with van der Waals surface area (Å²) in [5.74, 6) is 0.00170. The molecule has 1 aliphatic rings. The number of aliphatic hydroxyl groups is 1. The molecule has 2 aromatic carbocycles. The summed E-state index contributed by atoms with van der Waals surface area (Å²) in [5.41, 5.74) is -0.902. The molecule has 6 nitrogen and oxygen atoms in total. The normalized spacial score (nSPS) is 20.9. The van der Waals surface area contributed by atoms with Gasteiger partial charge in [-0.05, 0) is 42.2 Å². The Morgan fingerprint density at radius 3 is 2.33 bits per heavy atom. The molecule has 0 saturated carbocycles. The lowest BCUT2D eigenvalue weighted by atomic mass is 9.66. The summed E-state index contributed by atoms with van der Waals surface area (Å²) in [6, 6.07) is 15.6. The Hall–Kier alpha value is -2.57. The first kappa shape index (κ1) is 25.1. The molecule has 2 amide bonds. The number of nitrogens with one attached hydrogen (secondary N) is 1. The SMILES string of the molecule is CC(C)[C@@H](NC(=O)COc1ccccc1)C(=O)N1CC[C@](O)(c2ccc(Cl)cc2)C(C)(C)C1. The zero-order valence-electron chi connectivity index (χ0n) is 19.7. The van der Waals surface area contributed by atoms with Crippen LogP contribution in [0.15, 0.2) is 54.6 Å². The third-order valence-corrected chi connectivity index (χ3v) is 6.70. The van der Waals surface area contributed by atoms with E-state index in [9.17, 15) is 14.7 Å². The van der Waals surface area contributed by atoms with Crippen molar-refractivity contribution in [1.29, 1.82) is 0 Å². The number of amides is 2. The molecule has 1 saturated heterocycles. The van der Waals surface area contributed by atoms with Crippen molar-refractivity contribution < 1.29 is 19.4 Å². The van der Waals surface area contributed by atoms with Crippen LogP contribution in [0.4, 0.5) is 0 Å². The first-order valence-electron chi connectivity index (χ1n) is 11.3. The lowest BCUT2D eigenvalue weighted by Gasteiger charge is -2.51. The largest absolute Gasteiger partial charge is 0.484 e. The number of halogens is 1. The number of carbonyl (C=O) groups is 2. The van der Waals surface area contributed by atoms with E-state index in [0.717, 1.165) is 5.56 Å². The number of carbonyl (C=O) groups excluding carboxylic acids is 2. The molecule has 0 spiro atoms. The van der Waals surface area contributed by atoms with Gasteiger partial charge < -0.3 is 20.1 Å². The average molecular weight is 473 g/mol. The highest BCUT2D eigenvalue weighted by atomic mass is 35.5. The lowest BCUT2D eigenvalue weighted by Crippen LogP contribution is -2.60. The van der Waals surface area contributed by atoms with Crippen LogP contribution in [0.1, 0.15) is 39.7 Å². The Kier molecular flexibility index (Phi) is 7.70. The van der Waals surface area contributed by atoms with Crippen LogP contribution >= 0.6 is 11.6 Å². The number of likely N-dealkylation sites (tertiary alicyclic amines) is 1. The van der Waals surface area contributed by atoms with E-state index < -0.39 is 17.1 Å². The van der Waals surface area contributed by atoms with Crippen molar-refractivity contribution in [2.45, 2.75) is 45.8 Å². The molecule has 0 bridgehead atoms. The van der Waals surface area contributed by atoms with Crippen molar-refractivity contribution in [2.75, 3.05) is 19.7 Å². The van der Waals surface area contributed by atoms with Crippen molar-refractivity contribution in [3.8, 4) is 5.75 Å². The van der Waals surface area contributed by atoms with Gasteiger partial charge in [0.25, 0.3) is 5.91 Å². The van der Waals surface area contributed by atoms with Crippen LogP contribution in [0.2, 0.25) is 5.02 Å². The van der Waals surface area contributed by atoms with Crippen LogP contribution in [0, 0.1) is 11.3 Å². The summed E-state index contributed by atoms with van der Waals surface area (Å²) in [6.45, 7) is 8.31. The summed E-state index contributed by atoms with van der Waals surface area (Å²) in [6.07, 6.45) is 0.392. The highest BCUT2D eigenvalue weighted by molar-refractivity contribution is 6.30. The third-order valence-electron chi connectivity index (χ3n) is 6.45. The second-order valence-corrected chi connectivity index (χ2v) is 10.1. The number of benzene rings is 2. The minimum atomic E-state index is -1.09. The monoisotopic (exact) mass is 472 g/mol. The van der Waals surface area contributed by atoms with Crippen molar-refractivity contribution in [1.82, 2.24) is 10.2 Å². The standard InChI is InChI=1S/C26H33ClN2O4/c1-18(2)23(28-22(30)16-33-21-8-6-5-7-9-21)24(31)29-15-14-26(32,25(3,4)17-29)19-10-12-20(27)13-11-19/h5-13,18,23,32H,14-17H2,1-4H3,(H,28,30)/t23-,26+/m1/s1. The maximum atomic E-state index is 13.4. The fourth-order valence-corrected chi connectivity index (χ4v) is 4.49. The molecule has 0 aromatic heterocycles. The molecule has 1 fully saturated rings. The fraction of sp³-hybridized carbons (Fsp3) is 0.462. The Morgan fingerprint density at radius 2 is 1.76 bits per heavy atom. The van der Waals surface area contributed by atoms with Gasteiger partial charge in [0.15, 0.2) is 6.61 Å². The Balaban J connectivity index is 1.67. The second-order valence-electron chi connectivity index (χ2n) is 9.65. The first-order valence-corrected chi connectivity index (χ1v) is 11.7. The number of hydrogen-bond donors (Lipinski definition) is 2. The molecule has 1 aliphatic heterocycles. The highest BCUT2D eigenvalue weighted by Gasteiger charge is 2.50. The zero-order valence-corrected chi connectivity index (χ0v) is 20.4. The molecule has 0 radical (unpaired) electrons. The van der Waals surface area contributed by atoms with E-state index >= 15 is 0 Å². The summed E-state index contributed by atoms with van der Waals surface area (Å²) < 4.78 is 5.51. The van der Waals surface area contributed by atoms with Crippen molar-refractivity contribution >= 4 is 23.4 Å². The van der Waals surface area contributed by atoms with Crippen LogP contribution in [-0.4, -0.2) is 47.6 Å². The molecule has 0 aliphatic carbocycles. The van der Waals surface area contributed by atoms with Gasteiger partial charge in [0.2, 0.25) is 5.91 Å². The van der Waals surface area contributed by atoms with Crippen molar-refractivity contribution in [2.24, 2.45) is 11.3 Å². The minimum absolute atomic E-state index is 0.0987. The highest BCUT2D eigenvalue weighted by Crippen LogP contribution is 2.46. The van der Waals surface area contributed by atoms with Gasteiger partial charge in [-0.2, -0.15) is 0 Å². The maximum Gasteiger partial charge on any atom is 0.258 e. The molecule has 1 heterocycles. The van der Waals surface area contributed by atoms with E-state index in [2.05, 4.69) is 5.32 Å². The van der Waals surface area contributed by atoms with E-state index in [1.54, 1.807) is 29.2 Å². The van der Waals surface area contributed by atoms with E-state index in [1.165, 1.54) is 0 Å². The predicted octanol–water partition coefficient (Wildman–Crippen LogP) is 4.01. The van der Waals surface area contributed by atoms with Gasteiger partial charge in [0.1, 0.15) is 11.8 Å². The van der Waals surface area contributed by atoms with Crippen molar-refractivity contribution in [3.63, 3.8) is 0 Å². The number of nitrogens with zero attached hydrogens (tertiary/aromatic N) is 1. The van der Waals surface area contributed by atoms with Gasteiger partial charge in [-0.3, -0.25) is 9.59 Å². The van der Waals surface area contributed by atoms with Crippen LogP contribution in [0.3, 0.4) is 0 Å². The Bertz CT molecular complexity index is 962. The van der Waals surface area contributed by atoms with Gasteiger partial charge in [-0.15, -0.1) is 0 Å². The first-order chi connectivity index (χ1) is 15.5. The maximum absolute atomic E-state index is 13.4. The second kappa shape index (κ2) is 10.1.